The van der Waals surface area contributed by atoms with Crippen molar-refractivity contribution in [3.63, 3.8) is 0 Å². The Kier molecular flexibility index (Phi) is 15.3. The average Bonchev–Trinajstić information content (AvgIpc) is 2.34. The first-order valence-electron chi connectivity index (χ1n) is 6.67. The van der Waals surface area contributed by atoms with Gasteiger partial charge in [0.15, 0.2) is 0 Å². The molecule has 0 rings (SSSR count). The molecule has 0 spiro atoms. The van der Waals surface area contributed by atoms with Crippen molar-refractivity contribution in [2.75, 3.05) is 25.6 Å². The summed E-state index contributed by atoms with van der Waals surface area (Å²) in [5.74, 6) is -0.680. The fraction of sp³-hybridized carbons (Fsp3) is 0.769. The number of ether oxygens (including phenoxy) is 2. The van der Waals surface area contributed by atoms with Crippen LogP contribution in [0.3, 0.4) is 0 Å². The van der Waals surface area contributed by atoms with Crippen LogP contribution < -0.4 is 29.6 Å². The summed E-state index contributed by atoms with van der Waals surface area (Å²) in [4.78, 5) is 11.0. The first-order chi connectivity index (χ1) is 9.33. The molecule has 6 nitrogen and oxygen atoms in total. The zero-order valence-corrected chi connectivity index (χ0v) is 15.7. The van der Waals surface area contributed by atoms with Gasteiger partial charge in [0.25, 0.3) is 0 Å². The van der Waals surface area contributed by atoms with Crippen LogP contribution in [-0.2, 0) is 24.4 Å². The van der Waals surface area contributed by atoms with Crippen molar-refractivity contribution in [3.8, 4) is 0 Å². The number of hydrogen-bond acceptors (Lipinski definition) is 6. The van der Waals surface area contributed by atoms with Gasteiger partial charge in [-0.1, -0.05) is 13.0 Å². The minimum absolute atomic E-state index is 0. The quantitative estimate of drug-likeness (QED) is 0.144. The van der Waals surface area contributed by atoms with Gasteiger partial charge in [-0.3, -0.25) is 0 Å². The Hall–Kier alpha value is 0.0800. The van der Waals surface area contributed by atoms with Gasteiger partial charge in [-0.25, -0.2) is 13.2 Å². The fourth-order valence-electron chi connectivity index (χ4n) is 1.36. The van der Waals surface area contributed by atoms with Crippen LogP contribution in [0.25, 0.3) is 0 Å². The van der Waals surface area contributed by atoms with Gasteiger partial charge >= 0.3 is 35.5 Å². The normalized spacial score (nSPS) is 10.8. The summed E-state index contributed by atoms with van der Waals surface area (Å²) in [5.41, 5.74) is 0.390. The van der Waals surface area contributed by atoms with Gasteiger partial charge in [-0.2, -0.15) is 0 Å². The van der Waals surface area contributed by atoms with E-state index < -0.39 is 10.1 Å². The summed E-state index contributed by atoms with van der Waals surface area (Å²) in [5, 5.41) is 0. The zero-order valence-electron chi connectivity index (χ0n) is 12.9. The van der Waals surface area contributed by atoms with E-state index in [4.69, 9.17) is 9.47 Å². The molecule has 0 aliphatic rings. The molecule has 0 saturated carbocycles. The first-order valence-corrected chi connectivity index (χ1v) is 8.24. The van der Waals surface area contributed by atoms with Crippen molar-refractivity contribution in [1.82, 2.24) is 0 Å². The van der Waals surface area contributed by atoms with Gasteiger partial charge in [0, 0.05) is 24.5 Å². The third kappa shape index (κ3) is 18.0. The molecule has 0 unspecified atom stereocenters. The third-order valence-corrected chi connectivity index (χ3v) is 3.24. The van der Waals surface area contributed by atoms with E-state index in [-0.39, 0.29) is 41.3 Å². The second-order valence-corrected chi connectivity index (χ2v) is 6.08. The third-order valence-electron chi connectivity index (χ3n) is 2.45. The van der Waals surface area contributed by atoms with Crippen molar-refractivity contribution < 1.29 is 56.8 Å². The molecule has 0 fully saturated rings. The predicted molar refractivity (Wildman–Crippen MR) is 74.2 cm³/mol. The summed E-state index contributed by atoms with van der Waals surface area (Å²) in [6, 6.07) is 0. The summed E-state index contributed by atoms with van der Waals surface area (Å²) in [6.07, 6.45) is 3.30. The fourth-order valence-corrected chi connectivity index (χ4v) is 1.91. The van der Waals surface area contributed by atoms with Gasteiger partial charge in [0.2, 0.25) is 0 Å². The maximum absolute atomic E-state index is 11.0. The molecule has 0 aromatic heterocycles. The smallest absolute Gasteiger partial charge is 0.748 e. The Labute approximate surface area is 149 Å². The summed E-state index contributed by atoms with van der Waals surface area (Å²) in [6.45, 7) is 6.56. The van der Waals surface area contributed by atoms with Crippen LogP contribution in [0, 0.1) is 0 Å². The van der Waals surface area contributed by atoms with Crippen LogP contribution in [0.2, 0.25) is 0 Å². The van der Waals surface area contributed by atoms with Crippen LogP contribution in [0.1, 0.15) is 39.0 Å². The molecule has 118 valence electrons. The summed E-state index contributed by atoms with van der Waals surface area (Å²) in [7, 11) is -4.08. The molecular formula is C13H23NaO6S. The van der Waals surface area contributed by atoms with Crippen LogP contribution >= 0.6 is 0 Å². The van der Waals surface area contributed by atoms with Crippen molar-refractivity contribution >= 4 is 16.1 Å². The van der Waals surface area contributed by atoms with Crippen molar-refractivity contribution in [1.29, 1.82) is 0 Å². The Morgan fingerprint density at radius 3 is 2.10 bits per heavy atom. The zero-order chi connectivity index (χ0) is 15.4. The molecule has 21 heavy (non-hydrogen) atoms. The topological polar surface area (TPSA) is 92.7 Å². The maximum atomic E-state index is 11.0. The first kappa shape index (κ1) is 23.3. The van der Waals surface area contributed by atoms with Gasteiger partial charge in [0.1, 0.15) is 0 Å². The molecule has 8 heteroatoms. The van der Waals surface area contributed by atoms with Crippen LogP contribution in [-0.4, -0.2) is 44.5 Å². The number of carbonyl (C=O) groups excluding carboxylic acids is 1. The van der Waals surface area contributed by atoms with Gasteiger partial charge < -0.3 is 14.0 Å². The molecule has 0 amide bonds. The molecule has 0 aromatic rings. The van der Waals surface area contributed by atoms with Gasteiger partial charge in [0.05, 0.1) is 16.7 Å². The summed E-state index contributed by atoms with van der Waals surface area (Å²) >= 11 is 0. The molecule has 0 saturated heterocycles. The minimum Gasteiger partial charge on any atom is -0.748 e. The molecule has 0 aliphatic carbocycles. The minimum atomic E-state index is -4.08. The Bertz CT molecular complexity index is 393. The van der Waals surface area contributed by atoms with Gasteiger partial charge in [-0.15, -0.1) is 0 Å². The van der Waals surface area contributed by atoms with Crippen LogP contribution in [0.5, 0.6) is 0 Å². The molecule has 0 aliphatic heterocycles. The van der Waals surface area contributed by atoms with E-state index in [0.717, 1.165) is 19.3 Å². The van der Waals surface area contributed by atoms with Crippen molar-refractivity contribution in [2.45, 2.75) is 39.0 Å². The number of hydrogen-bond donors (Lipinski definition) is 0. The Morgan fingerprint density at radius 1 is 1.05 bits per heavy atom. The maximum Gasteiger partial charge on any atom is 1.00 e. The number of rotatable bonds is 12. The number of esters is 1. The number of carbonyl (C=O) groups is 1. The Balaban J connectivity index is 0. The molecule has 0 radical (unpaired) electrons. The number of unbranched alkanes of at least 4 members (excludes halogenated alkanes) is 3. The van der Waals surface area contributed by atoms with E-state index in [1.54, 1.807) is 6.92 Å². The van der Waals surface area contributed by atoms with E-state index in [2.05, 4.69) is 6.58 Å². The van der Waals surface area contributed by atoms with E-state index in [1.807, 2.05) is 0 Å². The van der Waals surface area contributed by atoms with Crippen LogP contribution in [0.15, 0.2) is 12.2 Å². The molecular weight excluding hydrogens is 307 g/mol. The predicted octanol–water partition coefficient (Wildman–Crippen LogP) is -1.38. The van der Waals surface area contributed by atoms with Crippen LogP contribution in [0.4, 0.5) is 0 Å². The largest absolute Gasteiger partial charge is 1.00 e. The summed E-state index contributed by atoms with van der Waals surface area (Å²) < 4.78 is 41.2. The second kappa shape index (κ2) is 13.7. The molecule has 0 heterocycles. The molecule has 0 N–H and O–H groups in total. The monoisotopic (exact) mass is 330 g/mol. The SMILES string of the molecule is C=C(C)C(=O)OCCCCOCCCCCS(=O)(=O)[O-].[Na+]. The van der Waals surface area contributed by atoms with E-state index in [0.29, 0.717) is 38.2 Å². The standard InChI is InChI=1S/C13H24O6S.Na/c1-12(2)13(14)19-10-6-5-9-18-8-4-3-7-11-20(15,16)17;/h1,3-11H2,2H3,(H,15,16,17);/q;+1/p-1. The molecule has 0 atom stereocenters. The van der Waals surface area contributed by atoms with Crippen molar-refractivity contribution in [2.24, 2.45) is 0 Å². The van der Waals surface area contributed by atoms with E-state index in [9.17, 15) is 17.8 Å². The molecule has 0 aromatic carbocycles. The molecule has 0 bridgehead atoms. The average molecular weight is 330 g/mol. The van der Waals surface area contributed by atoms with E-state index in [1.165, 1.54) is 0 Å². The van der Waals surface area contributed by atoms with Gasteiger partial charge in [-0.05, 0) is 32.6 Å². The van der Waals surface area contributed by atoms with E-state index >= 15 is 0 Å². The van der Waals surface area contributed by atoms with Crippen molar-refractivity contribution in [3.05, 3.63) is 12.2 Å². The Morgan fingerprint density at radius 2 is 1.57 bits per heavy atom. The second-order valence-electron chi connectivity index (χ2n) is 4.56.